The molecule has 1 atom stereocenters. The third-order valence-corrected chi connectivity index (χ3v) is 3.09. The van der Waals surface area contributed by atoms with Gasteiger partial charge in [-0.05, 0) is 24.6 Å². The van der Waals surface area contributed by atoms with E-state index in [4.69, 9.17) is 16.7 Å². The minimum atomic E-state index is -1.12. The van der Waals surface area contributed by atoms with Crippen molar-refractivity contribution in [2.45, 2.75) is 32.4 Å². The molecule has 6 heteroatoms. The number of hydrogen-bond acceptors (Lipinski definition) is 3. The van der Waals surface area contributed by atoms with Gasteiger partial charge in [0, 0.05) is 11.6 Å². The van der Waals surface area contributed by atoms with E-state index in [2.05, 4.69) is 4.98 Å². The van der Waals surface area contributed by atoms with E-state index in [1.165, 1.54) is 0 Å². The van der Waals surface area contributed by atoms with Crippen LogP contribution in [0, 0.1) is 0 Å². The molecule has 2 rings (SSSR count). The summed E-state index contributed by atoms with van der Waals surface area (Å²) < 4.78 is 1.83. The number of halogens is 1. The van der Waals surface area contributed by atoms with Crippen LogP contribution in [0.25, 0.3) is 11.0 Å². The van der Waals surface area contributed by atoms with Crippen molar-refractivity contribution in [3.05, 3.63) is 29.0 Å². The number of benzene rings is 1. The van der Waals surface area contributed by atoms with Crippen LogP contribution in [0.2, 0.25) is 5.02 Å². The fraction of sp³-hybridized carbons (Fsp3) is 0.385. The normalized spacial score (nSPS) is 12.8. The van der Waals surface area contributed by atoms with E-state index in [0.29, 0.717) is 22.9 Å². The maximum atomic E-state index is 10.7. The molecule has 0 saturated heterocycles. The van der Waals surface area contributed by atoms with Crippen LogP contribution in [0.5, 0.6) is 0 Å². The topological polar surface area (TPSA) is 75.4 Å². The summed E-state index contributed by atoms with van der Waals surface area (Å²) in [5.41, 5.74) is 1.52. The first-order chi connectivity index (χ1) is 9.02. The Morgan fingerprint density at radius 3 is 2.89 bits per heavy atom. The fourth-order valence-electron chi connectivity index (χ4n) is 2.08. The highest BCUT2D eigenvalue weighted by atomic mass is 35.5. The molecule has 0 aliphatic rings. The van der Waals surface area contributed by atoms with Gasteiger partial charge in [-0.3, -0.25) is 4.79 Å². The molecule has 2 aromatic rings. The number of imidazole rings is 1. The van der Waals surface area contributed by atoms with Crippen LogP contribution in [-0.2, 0) is 11.3 Å². The predicted molar refractivity (Wildman–Crippen MR) is 72.2 cm³/mol. The number of fused-ring (bicyclic) bond motifs is 1. The molecule has 2 N–H and O–H groups in total. The zero-order valence-electron chi connectivity index (χ0n) is 10.5. The molecular weight excluding hydrogens is 268 g/mol. The van der Waals surface area contributed by atoms with E-state index >= 15 is 0 Å². The van der Waals surface area contributed by atoms with E-state index in [0.717, 1.165) is 11.9 Å². The van der Waals surface area contributed by atoms with Gasteiger partial charge >= 0.3 is 5.97 Å². The van der Waals surface area contributed by atoms with Crippen molar-refractivity contribution in [3.8, 4) is 0 Å². The van der Waals surface area contributed by atoms with Gasteiger partial charge in [0.25, 0.3) is 0 Å². The molecule has 0 amide bonds. The summed E-state index contributed by atoms with van der Waals surface area (Å²) in [6.07, 6.45) is -0.624. The molecule has 102 valence electrons. The van der Waals surface area contributed by atoms with Crippen molar-refractivity contribution in [1.82, 2.24) is 9.55 Å². The lowest BCUT2D eigenvalue weighted by Gasteiger charge is -2.11. The highest BCUT2D eigenvalue weighted by Gasteiger charge is 2.20. The van der Waals surface area contributed by atoms with E-state index in [1.54, 1.807) is 18.2 Å². The lowest BCUT2D eigenvalue weighted by molar-refractivity contribution is -0.139. The van der Waals surface area contributed by atoms with Crippen LogP contribution in [-0.4, -0.2) is 25.7 Å². The third-order valence-electron chi connectivity index (χ3n) is 2.85. The van der Waals surface area contributed by atoms with Gasteiger partial charge in [0.1, 0.15) is 11.9 Å². The zero-order valence-corrected chi connectivity index (χ0v) is 11.3. The molecule has 0 fully saturated rings. The summed E-state index contributed by atoms with van der Waals surface area (Å²) in [4.78, 5) is 15.0. The maximum absolute atomic E-state index is 10.7. The minimum Gasteiger partial charge on any atom is -0.481 e. The number of carboxylic acid groups (broad SMARTS) is 1. The SMILES string of the molecule is CCCn1c([C@H](O)CC(=O)O)nc2ccc(Cl)cc21. The molecule has 0 aliphatic carbocycles. The average Bonchev–Trinajstić information content (AvgIpc) is 2.67. The van der Waals surface area contributed by atoms with Gasteiger partial charge in [0.05, 0.1) is 17.5 Å². The molecule has 5 nitrogen and oxygen atoms in total. The van der Waals surface area contributed by atoms with Crippen molar-refractivity contribution in [2.75, 3.05) is 0 Å². The van der Waals surface area contributed by atoms with Gasteiger partial charge in [0.2, 0.25) is 0 Å². The second-order valence-electron chi connectivity index (χ2n) is 4.37. The number of aryl methyl sites for hydroxylation is 1. The molecular formula is C13H15ClN2O3. The number of rotatable bonds is 5. The summed E-state index contributed by atoms with van der Waals surface area (Å²) in [7, 11) is 0. The van der Waals surface area contributed by atoms with Crippen molar-refractivity contribution in [3.63, 3.8) is 0 Å². The fourth-order valence-corrected chi connectivity index (χ4v) is 2.25. The van der Waals surface area contributed by atoms with Crippen molar-refractivity contribution >= 4 is 28.6 Å². The molecule has 0 radical (unpaired) electrons. The molecule has 0 aliphatic heterocycles. The monoisotopic (exact) mass is 282 g/mol. The molecule has 1 aromatic heterocycles. The van der Waals surface area contributed by atoms with Gasteiger partial charge in [-0.1, -0.05) is 18.5 Å². The molecule has 1 aromatic carbocycles. The highest BCUT2D eigenvalue weighted by Crippen LogP contribution is 2.25. The summed E-state index contributed by atoms with van der Waals surface area (Å²) in [6.45, 7) is 2.66. The number of aliphatic hydroxyl groups excluding tert-OH is 1. The number of carbonyl (C=O) groups is 1. The van der Waals surface area contributed by atoms with E-state index < -0.39 is 12.1 Å². The number of aliphatic carboxylic acids is 1. The third kappa shape index (κ3) is 2.88. The first-order valence-corrected chi connectivity index (χ1v) is 6.46. The molecule has 0 spiro atoms. The number of carboxylic acids is 1. The van der Waals surface area contributed by atoms with Crippen LogP contribution in [0.3, 0.4) is 0 Å². The van der Waals surface area contributed by atoms with Crippen LogP contribution in [0.15, 0.2) is 18.2 Å². The van der Waals surface area contributed by atoms with E-state index in [-0.39, 0.29) is 6.42 Å². The number of aromatic nitrogens is 2. The summed E-state index contributed by atoms with van der Waals surface area (Å²) in [6, 6.07) is 5.26. The van der Waals surface area contributed by atoms with E-state index in [1.807, 2.05) is 11.5 Å². The van der Waals surface area contributed by atoms with Crippen molar-refractivity contribution in [1.29, 1.82) is 0 Å². The van der Waals surface area contributed by atoms with Gasteiger partial charge in [-0.2, -0.15) is 0 Å². The highest BCUT2D eigenvalue weighted by molar-refractivity contribution is 6.31. The van der Waals surface area contributed by atoms with Crippen molar-refractivity contribution < 1.29 is 15.0 Å². The Balaban J connectivity index is 2.52. The Morgan fingerprint density at radius 2 is 2.26 bits per heavy atom. The Hall–Kier alpha value is -1.59. The van der Waals surface area contributed by atoms with Crippen LogP contribution in [0.1, 0.15) is 31.7 Å². The van der Waals surface area contributed by atoms with E-state index in [9.17, 15) is 9.90 Å². The molecule has 19 heavy (non-hydrogen) atoms. The predicted octanol–water partition coefficient (Wildman–Crippen LogP) is 2.61. The largest absolute Gasteiger partial charge is 0.481 e. The van der Waals surface area contributed by atoms with Crippen molar-refractivity contribution in [2.24, 2.45) is 0 Å². The summed E-state index contributed by atoms with van der Waals surface area (Å²) in [5, 5.41) is 19.3. The molecule has 0 unspecified atom stereocenters. The first-order valence-electron chi connectivity index (χ1n) is 6.08. The maximum Gasteiger partial charge on any atom is 0.306 e. The Bertz CT molecular complexity index is 609. The first kappa shape index (κ1) is 13.8. The van der Waals surface area contributed by atoms with Gasteiger partial charge in [-0.15, -0.1) is 0 Å². The quantitative estimate of drug-likeness (QED) is 0.884. The smallest absolute Gasteiger partial charge is 0.306 e. The van der Waals surface area contributed by atoms with Crippen LogP contribution < -0.4 is 0 Å². The number of nitrogens with zero attached hydrogens (tertiary/aromatic N) is 2. The summed E-state index contributed by atoms with van der Waals surface area (Å²) in [5.74, 6) is -0.679. The zero-order chi connectivity index (χ0) is 14.0. The Labute approximate surface area is 115 Å². The minimum absolute atomic E-state index is 0.360. The lowest BCUT2D eigenvalue weighted by Crippen LogP contribution is -2.12. The number of hydrogen-bond donors (Lipinski definition) is 2. The average molecular weight is 283 g/mol. The standard InChI is InChI=1S/C13H15ClN2O3/c1-2-5-16-10-6-8(14)3-4-9(10)15-13(16)11(17)7-12(18)19/h3-4,6,11,17H,2,5,7H2,1H3,(H,18,19)/t11-/m1/s1. The molecule has 0 bridgehead atoms. The second-order valence-corrected chi connectivity index (χ2v) is 4.80. The molecule has 1 heterocycles. The second kappa shape index (κ2) is 5.59. The Morgan fingerprint density at radius 1 is 1.53 bits per heavy atom. The summed E-state index contributed by atoms with van der Waals surface area (Å²) >= 11 is 5.97. The van der Waals surface area contributed by atoms with Crippen LogP contribution >= 0.6 is 11.6 Å². The van der Waals surface area contributed by atoms with Gasteiger partial charge < -0.3 is 14.8 Å². The van der Waals surface area contributed by atoms with Gasteiger partial charge in [0.15, 0.2) is 0 Å². The number of aliphatic hydroxyl groups is 1. The lowest BCUT2D eigenvalue weighted by atomic mass is 10.2. The van der Waals surface area contributed by atoms with Crippen LogP contribution in [0.4, 0.5) is 0 Å². The molecule has 0 saturated carbocycles. The Kier molecular flexibility index (Phi) is 4.07. The van der Waals surface area contributed by atoms with Gasteiger partial charge in [-0.25, -0.2) is 4.98 Å².